The van der Waals surface area contributed by atoms with Crippen molar-refractivity contribution in [2.75, 3.05) is 11.1 Å². The lowest BCUT2D eigenvalue weighted by molar-refractivity contribution is -0.113. The third kappa shape index (κ3) is 4.66. The van der Waals surface area contributed by atoms with Crippen LogP contribution >= 0.6 is 35.0 Å². The van der Waals surface area contributed by atoms with Gasteiger partial charge >= 0.3 is 0 Å². The predicted octanol–water partition coefficient (Wildman–Crippen LogP) is 4.27. The second-order valence-corrected chi connectivity index (χ2v) is 6.88. The van der Waals surface area contributed by atoms with E-state index in [-0.39, 0.29) is 11.7 Å². The third-order valence-corrected chi connectivity index (χ3v) is 5.08. The third-order valence-electron chi connectivity index (χ3n) is 3.41. The van der Waals surface area contributed by atoms with Gasteiger partial charge in [0.2, 0.25) is 11.8 Å². The minimum Gasteiger partial charge on any atom is -0.366 e. The number of anilines is 1. The molecule has 2 aromatic carbocycles. The molecule has 2 amide bonds. The Bertz CT molecular complexity index is 761. The fourth-order valence-corrected chi connectivity index (χ4v) is 3.70. The van der Waals surface area contributed by atoms with Gasteiger partial charge in [0.1, 0.15) is 0 Å². The van der Waals surface area contributed by atoms with Gasteiger partial charge in [0.15, 0.2) is 0 Å². The van der Waals surface area contributed by atoms with Gasteiger partial charge in [0, 0.05) is 27.0 Å². The number of benzene rings is 2. The van der Waals surface area contributed by atoms with Crippen LogP contribution in [-0.4, -0.2) is 17.6 Å². The molecule has 3 N–H and O–H groups in total. The van der Waals surface area contributed by atoms with Crippen molar-refractivity contribution >= 4 is 52.5 Å². The van der Waals surface area contributed by atoms with Gasteiger partial charge in [-0.3, -0.25) is 9.59 Å². The van der Waals surface area contributed by atoms with E-state index in [1.165, 1.54) is 11.8 Å². The van der Waals surface area contributed by atoms with E-state index in [1.807, 2.05) is 0 Å². The summed E-state index contributed by atoms with van der Waals surface area (Å²) in [5.41, 5.74) is 7.74. The van der Waals surface area contributed by atoms with Crippen molar-refractivity contribution in [2.45, 2.75) is 12.7 Å². The first kappa shape index (κ1) is 18.6. The van der Waals surface area contributed by atoms with Crippen LogP contribution in [0.2, 0.25) is 10.0 Å². The van der Waals surface area contributed by atoms with Crippen molar-refractivity contribution in [1.29, 1.82) is 0 Å². The van der Waals surface area contributed by atoms with Crippen LogP contribution < -0.4 is 11.1 Å². The number of halogens is 2. The van der Waals surface area contributed by atoms with E-state index in [1.54, 1.807) is 43.3 Å². The molecule has 0 heterocycles. The molecule has 2 aromatic rings. The molecule has 0 spiro atoms. The summed E-state index contributed by atoms with van der Waals surface area (Å²) in [6, 6.07) is 10.3. The molecule has 0 aliphatic rings. The molecule has 126 valence electrons. The Hall–Kier alpha value is -1.69. The number of carbonyl (C=O) groups excluding carboxylic acids is 2. The second kappa shape index (κ2) is 8.42. The minimum atomic E-state index is -0.522. The highest BCUT2D eigenvalue weighted by molar-refractivity contribution is 7.99. The molecular formula is C17H16Cl2N2O2S. The van der Waals surface area contributed by atoms with Crippen molar-refractivity contribution in [1.82, 2.24) is 0 Å². The molecule has 0 saturated heterocycles. The lowest BCUT2D eigenvalue weighted by Crippen LogP contribution is -2.18. The molecule has 2 rings (SSSR count). The standard InChI is InChI=1S/C17H16Cl2N2O2S/c1-10-11(17(20)23)4-2-7-15(10)21-16(22)9-24-8-12-13(18)5-3-6-14(12)19/h2-7H,8-9H2,1H3,(H2,20,23)(H,21,22). The van der Waals surface area contributed by atoms with Crippen molar-refractivity contribution in [3.05, 3.63) is 63.1 Å². The van der Waals surface area contributed by atoms with Gasteiger partial charge in [-0.2, -0.15) is 0 Å². The van der Waals surface area contributed by atoms with Crippen LogP contribution in [0.1, 0.15) is 21.5 Å². The molecule has 0 aliphatic carbocycles. The van der Waals surface area contributed by atoms with Crippen LogP contribution in [-0.2, 0) is 10.5 Å². The first-order chi connectivity index (χ1) is 11.4. The molecule has 0 aliphatic heterocycles. The number of primary amides is 1. The summed E-state index contributed by atoms with van der Waals surface area (Å²) in [6.07, 6.45) is 0. The van der Waals surface area contributed by atoms with Crippen LogP contribution in [0.25, 0.3) is 0 Å². The number of carbonyl (C=O) groups is 2. The number of rotatable bonds is 6. The summed E-state index contributed by atoms with van der Waals surface area (Å²) in [7, 11) is 0. The number of thioether (sulfide) groups is 1. The molecule has 0 atom stereocenters. The van der Waals surface area contributed by atoms with E-state index >= 15 is 0 Å². The molecule has 0 unspecified atom stereocenters. The van der Waals surface area contributed by atoms with Crippen LogP contribution in [0.3, 0.4) is 0 Å². The summed E-state index contributed by atoms with van der Waals surface area (Å²) in [5.74, 6) is 0.0767. The minimum absolute atomic E-state index is 0.173. The highest BCUT2D eigenvalue weighted by Crippen LogP contribution is 2.28. The van der Waals surface area contributed by atoms with E-state index < -0.39 is 5.91 Å². The van der Waals surface area contributed by atoms with Crippen LogP contribution in [0.15, 0.2) is 36.4 Å². The monoisotopic (exact) mass is 382 g/mol. The lowest BCUT2D eigenvalue weighted by Gasteiger charge is -2.11. The van der Waals surface area contributed by atoms with E-state index in [9.17, 15) is 9.59 Å². The summed E-state index contributed by atoms with van der Waals surface area (Å²) >= 11 is 13.6. The number of hydrogen-bond acceptors (Lipinski definition) is 3. The maximum atomic E-state index is 12.1. The lowest BCUT2D eigenvalue weighted by atomic mass is 10.1. The van der Waals surface area contributed by atoms with Crippen molar-refractivity contribution in [2.24, 2.45) is 5.73 Å². The molecule has 7 heteroatoms. The molecule has 0 radical (unpaired) electrons. The molecule has 0 saturated carbocycles. The van der Waals surface area contributed by atoms with Crippen LogP contribution in [0.4, 0.5) is 5.69 Å². The average Bonchev–Trinajstić information content (AvgIpc) is 2.52. The smallest absolute Gasteiger partial charge is 0.249 e. The van der Waals surface area contributed by atoms with Crippen LogP contribution in [0, 0.1) is 6.92 Å². The van der Waals surface area contributed by atoms with Gasteiger partial charge in [-0.1, -0.05) is 35.3 Å². The Labute approximate surface area is 154 Å². The largest absolute Gasteiger partial charge is 0.366 e. The Morgan fingerprint density at radius 2 is 1.75 bits per heavy atom. The van der Waals surface area contributed by atoms with Crippen molar-refractivity contribution in [3.63, 3.8) is 0 Å². The summed E-state index contributed by atoms with van der Waals surface area (Å²) in [6.45, 7) is 1.74. The Kier molecular flexibility index (Phi) is 6.54. The number of amides is 2. The Morgan fingerprint density at radius 1 is 1.12 bits per heavy atom. The Balaban J connectivity index is 1.95. The summed E-state index contributed by atoms with van der Waals surface area (Å²) < 4.78 is 0. The molecule has 0 bridgehead atoms. The zero-order valence-electron chi connectivity index (χ0n) is 12.9. The van der Waals surface area contributed by atoms with Gasteiger partial charge in [-0.05, 0) is 42.3 Å². The quantitative estimate of drug-likeness (QED) is 0.783. The average molecular weight is 383 g/mol. The van der Waals surface area contributed by atoms with Crippen molar-refractivity contribution < 1.29 is 9.59 Å². The van der Waals surface area contributed by atoms with Crippen molar-refractivity contribution in [3.8, 4) is 0 Å². The Morgan fingerprint density at radius 3 is 2.38 bits per heavy atom. The van der Waals surface area contributed by atoms with Crippen LogP contribution in [0.5, 0.6) is 0 Å². The topological polar surface area (TPSA) is 72.2 Å². The zero-order chi connectivity index (χ0) is 17.7. The second-order valence-electron chi connectivity index (χ2n) is 5.08. The summed E-state index contributed by atoms with van der Waals surface area (Å²) in [5, 5.41) is 3.95. The molecule has 24 heavy (non-hydrogen) atoms. The fourth-order valence-electron chi connectivity index (χ4n) is 2.14. The maximum Gasteiger partial charge on any atom is 0.249 e. The SMILES string of the molecule is Cc1c(NC(=O)CSCc2c(Cl)cccc2Cl)cccc1C(N)=O. The molecule has 4 nitrogen and oxygen atoms in total. The highest BCUT2D eigenvalue weighted by atomic mass is 35.5. The van der Waals surface area contributed by atoms with E-state index in [4.69, 9.17) is 28.9 Å². The van der Waals surface area contributed by atoms with Gasteiger partial charge < -0.3 is 11.1 Å². The number of nitrogens with two attached hydrogens (primary N) is 1. The zero-order valence-corrected chi connectivity index (χ0v) is 15.3. The normalized spacial score (nSPS) is 10.5. The van der Waals surface area contributed by atoms with E-state index in [2.05, 4.69) is 5.32 Å². The predicted molar refractivity (Wildman–Crippen MR) is 101 cm³/mol. The first-order valence-corrected chi connectivity index (χ1v) is 9.01. The highest BCUT2D eigenvalue weighted by Gasteiger charge is 2.12. The van der Waals surface area contributed by atoms with E-state index in [0.29, 0.717) is 32.6 Å². The van der Waals surface area contributed by atoms with E-state index in [0.717, 1.165) is 5.56 Å². The van der Waals surface area contributed by atoms with Gasteiger partial charge in [0.05, 0.1) is 5.75 Å². The van der Waals surface area contributed by atoms with Gasteiger partial charge in [-0.15, -0.1) is 11.8 Å². The van der Waals surface area contributed by atoms with Gasteiger partial charge in [0.25, 0.3) is 0 Å². The number of hydrogen-bond donors (Lipinski definition) is 2. The summed E-state index contributed by atoms with van der Waals surface area (Å²) in [4.78, 5) is 23.4. The maximum absolute atomic E-state index is 12.1. The molecular weight excluding hydrogens is 367 g/mol. The molecule has 0 fully saturated rings. The molecule has 0 aromatic heterocycles. The first-order valence-electron chi connectivity index (χ1n) is 7.10. The number of nitrogens with one attached hydrogen (secondary N) is 1. The van der Waals surface area contributed by atoms with Gasteiger partial charge in [-0.25, -0.2) is 0 Å². The fraction of sp³-hybridized carbons (Fsp3) is 0.176.